The zero-order valence-corrected chi connectivity index (χ0v) is 17.0. The monoisotopic (exact) mass is 414 g/mol. The lowest BCUT2D eigenvalue weighted by Gasteiger charge is -2.25. The molecule has 29 heavy (non-hydrogen) atoms. The number of hydrogen-bond donors (Lipinski definition) is 1. The van der Waals surface area contributed by atoms with E-state index in [2.05, 4.69) is 5.10 Å². The number of benzene rings is 1. The van der Waals surface area contributed by atoms with E-state index in [-0.39, 0.29) is 30.4 Å². The fourth-order valence-electron chi connectivity index (χ4n) is 3.17. The molecule has 0 spiro atoms. The number of carbonyl (C=O) groups excluding carboxylic acids is 1. The third-order valence-electron chi connectivity index (χ3n) is 4.70. The van der Waals surface area contributed by atoms with Crippen molar-refractivity contribution >= 4 is 22.9 Å². The highest BCUT2D eigenvalue weighted by Crippen LogP contribution is 2.23. The zero-order chi connectivity index (χ0) is 21.0. The van der Waals surface area contributed by atoms with Gasteiger partial charge in [-0.2, -0.15) is 16.4 Å². The van der Waals surface area contributed by atoms with E-state index in [1.807, 2.05) is 47.2 Å². The molecule has 0 bridgehead atoms. The minimum absolute atomic E-state index is 0.0780. The van der Waals surface area contributed by atoms with Crippen LogP contribution in [0.5, 0.6) is 0 Å². The molecule has 1 amide bonds. The first-order valence-electron chi connectivity index (χ1n) is 9.07. The van der Waals surface area contributed by atoms with E-state index in [1.54, 1.807) is 18.7 Å². The van der Waals surface area contributed by atoms with Gasteiger partial charge in [-0.3, -0.25) is 19.6 Å². The minimum atomic E-state index is -0.816. The van der Waals surface area contributed by atoms with Crippen molar-refractivity contribution in [3.05, 3.63) is 79.8 Å². The number of nitro groups is 1. The van der Waals surface area contributed by atoms with Crippen LogP contribution >= 0.6 is 11.3 Å². The normalized spacial score (nSPS) is 12.0. The average molecular weight is 414 g/mol. The lowest BCUT2D eigenvalue weighted by molar-refractivity contribution is -0.386. The van der Waals surface area contributed by atoms with Crippen molar-refractivity contribution in [2.45, 2.75) is 33.0 Å². The molecule has 8 nitrogen and oxygen atoms in total. The standard InChI is InChI=1S/C20H22N4O4S/c1-14-20(24(27)28)15(2)23(21-14)12-19(26)22(10-16-6-4-3-5-7-16)11-18(25)17-8-9-29-13-17/h3-9,13,18,25H,10-12H2,1-2H3. The molecule has 1 atom stereocenters. The SMILES string of the molecule is Cc1nn(CC(=O)N(Cc2ccccc2)CC(O)c2ccsc2)c(C)c1[N+](=O)[O-]. The first-order valence-corrected chi connectivity index (χ1v) is 10.0. The van der Waals surface area contributed by atoms with Crippen molar-refractivity contribution in [2.75, 3.05) is 6.54 Å². The molecule has 0 fully saturated rings. The van der Waals surface area contributed by atoms with Crippen LogP contribution < -0.4 is 0 Å². The number of aromatic nitrogens is 2. The summed E-state index contributed by atoms with van der Waals surface area (Å²) in [5.74, 6) is -0.274. The number of aliphatic hydroxyl groups is 1. The van der Waals surface area contributed by atoms with Gasteiger partial charge >= 0.3 is 5.69 Å². The molecule has 1 N–H and O–H groups in total. The van der Waals surface area contributed by atoms with Gasteiger partial charge in [-0.05, 0) is 41.8 Å². The Bertz CT molecular complexity index is 986. The minimum Gasteiger partial charge on any atom is -0.387 e. The summed E-state index contributed by atoms with van der Waals surface area (Å²) in [5, 5.41) is 29.6. The predicted octanol–water partition coefficient (Wildman–Crippen LogP) is 3.23. The van der Waals surface area contributed by atoms with E-state index in [4.69, 9.17) is 0 Å². The number of rotatable bonds is 8. The molecule has 2 aromatic heterocycles. The Morgan fingerprint density at radius 3 is 2.62 bits per heavy atom. The first kappa shape index (κ1) is 20.7. The van der Waals surface area contributed by atoms with E-state index >= 15 is 0 Å². The molecule has 1 unspecified atom stereocenters. The smallest absolute Gasteiger partial charge is 0.312 e. The summed E-state index contributed by atoms with van der Waals surface area (Å²) in [4.78, 5) is 25.3. The molecule has 0 saturated carbocycles. The summed E-state index contributed by atoms with van der Waals surface area (Å²) >= 11 is 1.48. The van der Waals surface area contributed by atoms with Crippen LogP contribution in [0.25, 0.3) is 0 Å². The Hall–Kier alpha value is -3.04. The second kappa shape index (κ2) is 8.97. The van der Waals surface area contributed by atoms with Gasteiger partial charge in [0, 0.05) is 6.54 Å². The highest BCUT2D eigenvalue weighted by atomic mass is 32.1. The maximum Gasteiger partial charge on any atom is 0.312 e. The van der Waals surface area contributed by atoms with Gasteiger partial charge in [0.25, 0.3) is 0 Å². The highest BCUT2D eigenvalue weighted by molar-refractivity contribution is 7.07. The van der Waals surface area contributed by atoms with Gasteiger partial charge < -0.3 is 10.0 Å². The molecule has 152 valence electrons. The lowest BCUT2D eigenvalue weighted by atomic mass is 10.1. The summed E-state index contributed by atoms with van der Waals surface area (Å²) < 4.78 is 1.35. The molecule has 2 heterocycles. The molecule has 0 aliphatic heterocycles. The maximum absolute atomic E-state index is 13.1. The number of thiophene rings is 1. The molecule has 3 rings (SSSR count). The Kier molecular flexibility index (Phi) is 6.40. The van der Waals surface area contributed by atoms with E-state index in [0.717, 1.165) is 11.1 Å². The quantitative estimate of drug-likeness (QED) is 0.450. The van der Waals surface area contributed by atoms with Crippen molar-refractivity contribution in [1.82, 2.24) is 14.7 Å². The van der Waals surface area contributed by atoms with Crippen LogP contribution in [0.2, 0.25) is 0 Å². The molecule has 0 saturated heterocycles. The van der Waals surface area contributed by atoms with Crippen molar-refractivity contribution in [1.29, 1.82) is 0 Å². The van der Waals surface area contributed by atoms with Crippen LogP contribution in [0, 0.1) is 24.0 Å². The maximum atomic E-state index is 13.1. The molecular weight excluding hydrogens is 392 g/mol. The summed E-state index contributed by atoms with van der Waals surface area (Å²) in [5.41, 5.74) is 2.21. The van der Waals surface area contributed by atoms with Gasteiger partial charge in [0.05, 0.1) is 17.6 Å². The lowest BCUT2D eigenvalue weighted by Crippen LogP contribution is -2.37. The van der Waals surface area contributed by atoms with Gasteiger partial charge in [0.15, 0.2) is 0 Å². The number of aryl methyl sites for hydroxylation is 1. The van der Waals surface area contributed by atoms with E-state index in [0.29, 0.717) is 12.2 Å². The van der Waals surface area contributed by atoms with E-state index < -0.39 is 11.0 Å². The third kappa shape index (κ3) is 4.87. The third-order valence-corrected chi connectivity index (χ3v) is 5.40. The fourth-order valence-corrected chi connectivity index (χ4v) is 3.88. The number of carbonyl (C=O) groups is 1. The number of hydrogen-bond acceptors (Lipinski definition) is 6. The molecule has 1 aromatic carbocycles. The van der Waals surface area contributed by atoms with Gasteiger partial charge in [-0.25, -0.2) is 0 Å². The van der Waals surface area contributed by atoms with Crippen molar-refractivity contribution < 1.29 is 14.8 Å². The van der Waals surface area contributed by atoms with Crippen molar-refractivity contribution in [3.63, 3.8) is 0 Å². The predicted molar refractivity (Wildman–Crippen MR) is 109 cm³/mol. The van der Waals surface area contributed by atoms with Crippen LogP contribution in [-0.2, 0) is 17.9 Å². The van der Waals surface area contributed by atoms with E-state index in [9.17, 15) is 20.0 Å². The Morgan fingerprint density at radius 1 is 1.31 bits per heavy atom. The van der Waals surface area contributed by atoms with E-state index in [1.165, 1.54) is 16.0 Å². The molecule has 0 aliphatic rings. The van der Waals surface area contributed by atoms with Gasteiger partial charge in [0.2, 0.25) is 5.91 Å². The van der Waals surface area contributed by atoms with Crippen LogP contribution in [0.1, 0.15) is 28.6 Å². The summed E-state index contributed by atoms with van der Waals surface area (Å²) in [6, 6.07) is 11.3. The van der Waals surface area contributed by atoms with Gasteiger partial charge in [-0.15, -0.1) is 0 Å². The van der Waals surface area contributed by atoms with Crippen LogP contribution in [0.15, 0.2) is 47.2 Å². The van der Waals surface area contributed by atoms with Crippen LogP contribution in [0.3, 0.4) is 0 Å². The van der Waals surface area contributed by atoms with Gasteiger partial charge in [0.1, 0.15) is 17.9 Å². The summed E-state index contributed by atoms with van der Waals surface area (Å²) in [7, 11) is 0. The number of aliphatic hydroxyl groups excluding tert-OH is 1. The Balaban J connectivity index is 1.82. The number of nitrogens with zero attached hydrogens (tertiary/aromatic N) is 4. The molecular formula is C20H22N4O4S. The first-order chi connectivity index (χ1) is 13.9. The summed E-state index contributed by atoms with van der Waals surface area (Å²) in [6.45, 7) is 3.43. The second-order valence-electron chi connectivity index (χ2n) is 6.77. The average Bonchev–Trinajstić information content (AvgIpc) is 3.30. The van der Waals surface area contributed by atoms with Crippen molar-refractivity contribution in [3.8, 4) is 0 Å². The second-order valence-corrected chi connectivity index (χ2v) is 7.55. The topological polar surface area (TPSA) is 102 Å². The zero-order valence-electron chi connectivity index (χ0n) is 16.2. The molecule has 9 heteroatoms. The highest BCUT2D eigenvalue weighted by Gasteiger charge is 2.25. The Labute approximate surface area is 172 Å². The largest absolute Gasteiger partial charge is 0.387 e. The van der Waals surface area contributed by atoms with Gasteiger partial charge in [-0.1, -0.05) is 30.3 Å². The molecule has 0 radical (unpaired) electrons. The Morgan fingerprint density at radius 2 is 2.03 bits per heavy atom. The van der Waals surface area contributed by atoms with Crippen molar-refractivity contribution in [2.24, 2.45) is 0 Å². The molecule has 0 aliphatic carbocycles. The fraction of sp³-hybridized carbons (Fsp3) is 0.300. The summed E-state index contributed by atoms with van der Waals surface area (Å²) in [6.07, 6.45) is -0.816. The van der Waals surface area contributed by atoms with Crippen LogP contribution in [-0.4, -0.2) is 37.2 Å². The van der Waals surface area contributed by atoms with Crippen LogP contribution in [0.4, 0.5) is 5.69 Å². The number of amides is 1. The molecule has 3 aromatic rings.